The van der Waals surface area contributed by atoms with Crippen molar-refractivity contribution in [2.45, 2.75) is 13.0 Å². The van der Waals surface area contributed by atoms with Crippen LogP contribution in [-0.2, 0) is 17.8 Å². The molecule has 0 bridgehead atoms. The van der Waals surface area contributed by atoms with Crippen molar-refractivity contribution in [2.75, 3.05) is 6.54 Å². The van der Waals surface area contributed by atoms with E-state index in [1.165, 1.54) is 0 Å². The van der Waals surface area contributed by atoms with Crippen LogP contribution in [0.2, 0.25) is 0 Å². The van der Waals surface area contributed by atoms with E-state index >= 15 is 0 Å². The Kier molecular flexibility index (Phi) is 4.67. The number of aromatic hydroxyl groups is 1. The molecule has 4 nitrogen and oxygen atoms in total. The molecule has 0 radical (unpaired) electrons. The zero-order valence-electron chi connectivity index (χ0n) is 12.5. The number of fused-ring (bicyclic) bond motifs is 1. The van der Waals surface area contributed by atoms with Crippen molar-refractivity contribution in [1.82, 2.24) is 9.88 Å². The SMILES string of the molecule is O=C(Cn1ccc2c(Br)cccc21)NCCc1ccc(O)cc1. The number of nitrogens with zero attached hydrogens (tertiary/aromatic N) is 1. The summed E-state index contributed by atoms with van der Waals surface area (Å²) in [5.41, 5.74) is 2.12. The third-order valence-corrected chi connectivity index (χ3v) is 4.44. The van der Waals surface area contributed by atoms with Gasteiger partial charge in [-0.25, -0.2) is 0 Å². The van der Waals surface area contributed by atoms with Gasteiger partial charge in [0.1, 0.15) is 12.3 Å². The van der Waals surface area contributed by atoms with Crippen LogP contribution in [0.25, 0.3) is 10.9 Å². The lowest BCUT2D eigenvalue weighted by atomic mass is 10.1. The van der Waals surface area contributed by atoms with Gasteiger partial charge in [-0.2, -0.15) is 0 Å². The molecular formula is C18H17BrN2O2. The molecule has 2 aromatic carbocycles. The molecule has 0 aliphatic rings. The van der Waals surface area contributed by atoms with Gasteiger partial charge in [0.05, 0.1) is 0 Å². The minimum atomic E-state index is -0.0127. The first-order valence-corrected chi connectivity index (χ1v) is 8.21. The Morgan fingerprint density at radius 2 is 1.91 bits per heavy atom. The van der Waals surface area contributed by atoms with Crippen molar-refractivity contribution < 1.29 is 9.90 Å². The molecule has 23 heavy (non-hydrogen) atoms. The fraction of sp³-hybridized carbons (Fsp3) is 0.167. The molecule has 2 N–H and O–H groups in total. The van der Waals surface area contributed by atoms with Gasteiger partial charge in [-0.15, -0.1) is 0 Å². The van der Waals surface area contributed by atoms with Crippen LogP contribution < -0.4 is 5.32 Å². The summed E-state index contributed by atoms with van der Waals surface area (Å²) in [6.45, 7) is 0.877. The van der Waals surface area contributed by atoms with Gasteiger partial charge in [0.15, 0.2) is 0 Å². The minimum absolute atomic E-state index is 0.0127. The molecule has 0 aliphatic heterocycles. The zero-order chi connectivity index (χ0) is 16.2. The first-order chi connectivity index (χ1) is 11.1. The summed E-state index contributed by atoms with van der Waals surface area (Å²) < 4.78 is 2.97. The van der Waals surface area contributed by atoms with Crippen LogP contribution in [-0.4, -0.2) is 22.1 Å². The molecule has 0 atom stereocenters. The standard InChI is InChI=1S/C18H17BrN2O2/c19-16-2-1-3-17-15(16)9-11-21(17)12-18(23)20-10-8-13-4-6-14(22)7-5-13/h1-7,9,11,22H,8,10,12H2,(H,20,23). The summed E-state index contributed by atoms with van der Waals surface area (Å²) >= 11 is 3.52. The fourth-order valence-corrected chi connectivity index (χ4v) is 3.03. The topological polar surface area (TPSA) is 54.3 Å². The Morgan fingerprint density at radius 1 is 1.13 bits per heavy atom. The number of phenols is 1. The average molecular weight is 373 g/mol. The molecule has 0 fully saturated rings. The number of aromatic nitrogens is 1. The van der Waals surface area contributed by atoms with Gasteiger partial charge >= 0.3 is 0 Å². The van der Waals surface area contributed by atoms with Crippen LogP contribution in [0.5, 0.6) is 5.75 Å². The second kappa shape index (κ2) is 6.87. The molecule has 0 saturated heterocycles. The number of hydrogen-bond donors (Lipinski definition) is 2. The first-order valence-electron chi connectivity index (χ1n) is 7.41. The normalized spacial score (nSPS) is 10.8. The number of carbonyl (C=O) groups excluding carboxylic acids is 1. The Bertz CT molecular complexity index is 825. The summed E-state index contributed by atoms with van der Waals surface area (Å²) in [4.78, 5) is 12.1. The van der Waals surface area contributed by atoms with Crippen LogP contribution in [0, 0.1) is 0 Å². The molecule has 0 unspecified atom stereocenters. The number of hydrogen-bond acceptors (Lipinski definition) is 2. The van der Waals surface area contributed by atoms with Gasteiger partial charge < -0.3 is 15.0 Å². The molecular weight excluding hydrogens is 356 g/mol. The lowest BCUT2D eigenvalue weighted by Crippen LogP contribution is -2.29. The summed E-state index contributed by atoms with van der Waals surface area (Å²) in [6.07, 6.45) is 2.67. The minimum Gasteiger partial charge on any atom is -0.508 e. The van der Waals surface area contributed by atoms with Gasteiger partial charge in [0.2, 0.25) is 5.91 Å². The zero-order valence-corrected chi connectivity index (χ0v) is 14.1. The van der Waals surface area contributed by atoms with Gasteiger partial charge in [-0.3, -0.25) is 4.79 Å². The molecule has 0 spiro atoms. The maximum atomic E-state index is 12.1. The molecule has 0 aliphatic carbocycles. The van der Waals surface area contributed by atoms with Crippen molar-refractivity contribution in [3.05, 3.63) is 64.8 Å². The number of amides is 1. The fourth-order valence-electron chi connectivity index (χ4n) is 2.54. The number of phenolic OH excluding ortho intramolecular Hbond substituents is 1. The van der Waals surface area contributed by atoms with Gasteiger partial charge in [0, 0.05) is 28.1 Å². The molecule has 1 amide bonds. The molecule has 5 heteroatoms. The number of halogens is 1. The molecule has 3 aromatic rings. The Balaban J connectivity index is 1.56. The summed E-state index contributed by atoms with van der Waals surface area (Å²) in [5.74, 6) is 0.240. The molecule has 3 rings (SSSR count). The second-order valence-corrected chi connectivity index (χ2v) is 6.24. The third kappa shape index (κ3) is 3.74. The van der Waals surface area contributed by atoms with Crippen LogP contribution >= 0.6 is 15.9 Å². The van der Waals surface area contributed by atoms with Gasteiger partial charge in [0.25, 0.3) is 0 Å². The highest BCUT2D eigenvalue weighted by atomic mass is 79.9. The Hall–Kier alpha value is -2.27. The highest BCUT2D eigenvalue weighted by Gasteiger charge is 2.07. The quantitative estimate of drug-likeness (QED) is 0.720. The molecule has 118 valence electrons. The second-order valence-electron chi connectivity index (χ2n) is 5.38. The Labute approximate surface area is 142 Å². The summed E-state index contributed by atoms with van der Waals surface area (Å²) in [6, 6.07) is 15.0. The maximum absolute atomic E-state index is 12.1. The number of nitrogens with one attached hydrogen (secondary N) is 1. The van der Waals surface area contributed by atoms with E-state index in [-0.39, 0.29) is 11.7 Å². The monoisotopic (exact) mass is 372 g/mol. The van der Waals surface area contributed by atoms with E-state index < -0.39 is 0 Å². The Morgan fingerprint density at radius 3 is 2.70 bits per heavy atom. The van der Waals surface area contributed by atoms with E-state index in [1.807, 2.05) is 47.2 Å². The van der Waals surface area contributed by atoms with Gasteiger partial charge in [-0.05, 0) is 42.3 Å². The van der Waals surface area contributed by atoms with E-state index in [9.17, 15) is 9.90 Å². The molecule has 1 aromatic heterocycles. The highest BCUT2D eigenvalue weighted by Crippen LogP contribution is 2.24. The van der Waals surface area contributed by atoms with E-state index in [4.69, 9.17) is 0 Å². The van der Waals surface area contributed by atoms with Crippen LogP contribution in [0.3, 0.4) is 0 Å². The largest absolute Gasteiger partial charge is 0.508 e. The molecule has 1 heterocycles. The summed E-state index contributed by atoms with van der Waals surface area (Å²) in [7, 11) is 0. The average Bonchev–Trinajstić information content (AvgIpc) is 2.94. The van der Waals surface area contributed by atoms with E-state index in [0.29, 0.717) is 13.1 Å². The van der Waals surface area contributed by atoms with Crippen molar-refractivity contribution in [1.29, 1.82) is 0 Å². The van der Waals surface area contributed by atoms with Crippen molar-refractivity contribution in [3.63, 3.8) is 0 Å². The van der Waals surface area contributed by atoms with E-state index in [0.717, 1.165) is 27.4 Å². The summed E-state index contributed by atoms with van der Waals surface area (Å²) in [5, 5.41) is 13.3. The highest BCUT2D eigenvalue weighted by molar-refractivity contribution is 9.10. The van der Waals surface area contributed by atoms with Crippen LogP contribution in [0.1, 0.15) is 5.56 Å². The number of rotatable bonds is 5. The lowest BCUT2D eigenvalue weighted by Gasteiger charge is -2.08. The van der Waals surface area contributed by atoms with E-state index in [2.05, 4.69) is 21.2 Å². The van der Waals surface area contributed by atoms with Crippen molar-refractivity contribution in [2.24, 2.45) is 0 Å². The van der Waals surface area contributed by atoms with Crippen molar-refractivity contribution >= 4 is 32.7 Å². The predicted octanol–water partition coefficient (Wildman–Crippen LogP) is 3.47. The maximum Gasteiger partial charge on any atom is 0.239 e. The van der Waals surface area contributed by atoms with Crippen LogP contribution in [0.4, 0.5) is 0 Å². The smallest absolute Gasteiger partial charge is 0.239 e. The number of benzene rings is 2. The lowest BCUT2D eigenvalue weighted by molar-refractivity contribution is -0.121. The predicted molar refractivity (Wildman–Crippen MR) is 94.5 cm³/mol. The van der Waals surface area contributed by atoms with Gasteiger partial charge in [-0.1, -0.05) is 34.1 Å². The first kappa shape index (κ1) is 15.6. The third-order valence-electron chi connectivity index (χ3n) is 3.75. The van der Waals surface area contributed by atoms with E-state index in [1.54, 1.807) is 12.1 Å². The van der Waals surface area contributed by atoms with Crippen molar-refractivity contribution in [3.8, 4) is 5.75 Å². The molecule has 0 saturated carbocycles. The van der Waals surface area contributed by atoms with Crippen LogP contribution in [0.15, 0.2) is 59.2 Å². The number of carbonyl (C=O) groups is 1.